The molecule has 0 fully saturated rings. The van der Waals surface area contributed by atoms with Crippen LogP contribution in [0.3, 0.4) is 0 Å². The van der Waals surface area contributed by atoms with Gasteiger partial charge in [0.15, 0.2) is 5.78 Å². The summed E-state index contributed by atoms with van der Waals surface area (Å²) in [7, 11) is 1.61. The highest BCUT2D eigenvalue weighted by molar-refractivity contribution is 5.96. The van der Waals surface area contributed by atoms with Crippen molar-refractivity contribution in [1.82, 2.24) is 0 Å². The van der Waals surface area contributed by atoms with Crippen LogP contribution < -0.4 is 4.74 Å². The van der Waals surface area contributed by atoms with Crippen LogP contribution in [0.25, 0.3) is 0 Å². The first kappa shape index (κ1) is 11.8. The van der Waals surface area contributed by atoms with E-state index in [1.807, 2.05) is 18.2 Å². The van der Waals surface area contributed by atoms with E-state index in [0.29, 0.717) is 12.3 Å². The highest BCUT2D eigenvalue weighted by Crippen LogP contribution is 2.15. The molecule has 15 heavy (non-hydrogen) atoms. The van der Waals surface area contributed by atoms with Gasteiger partial charge in [0.2, 0.25) is 0 Å². The lowest BCUT2D eigenvalue weighted by atomic mass is 10.0. The van der Waals surface area contributed by atoms with Crippen LogP contribution in [0.15, 0.2) is 24.3 Å². The number of carbonyl (C=O) groups excluding carboxylic acids is 1. The fraction of sp³-hybridized carbons (Fsp3) is 0.462. The van der Waals surface area contributed by atoms with E-state index in [-0.39, 0.29) is 5.78 Å². The largest absolute Gasteiger partial charge is 0.497 e. The average molecular weight is 206 g/mol. The van der Waals surface area contributed by atoms with Crippen LogP contribution in [0.2, 0.25) is 0 Å². The van der Waals surface area contributed by atoms with Crippen molar-refractivity contribution in [3.63, 3.8) is 0 Å². The molecule has 0 aliphatic rings. The third-order valence-corrected chi connectivity index (χ3v) is 2.34. The Balaban J connectivity index is 2.65. The van der Waals surface area contributed by atoms with Gasteiger partial charge in [-0.2, -0.15) is 0 Å². The summed E-state index contributed by atoms with van der Waals surface area (Å²) >= 11 is 0. The number of hydrogen-bond acceptors (Lipinski definition) is 2. The summed E-state index contributed by atoms with van der Waals surface area (Å²) in [5.74, 6) is 1.51. The van der Waals surface area contributed by atoms with E-state index in [2.05, 4.69) is 13.8 Å². The molecule has 1 rings (SSSR count). The maximum absolute atomic E-state index is 11.8. The molecule has 0 heterocycles. The minimum atomic E-state index is 0.197. The normalized spacial score (nSPS) is 10.4. The molecule has 0 aliphatic heterocycles. The Morgan fingerprint density at radius 3 is 2.73 bits per heavy atom. The second-order valence-corrected chi connectivity index (χ2v) is 4.09. The minimum absolute atomic E-state index is 0.197. The van der Waals surface area contributed by atoms with Gasteiger partial charge in [0.05, 0.1) is 7.11 Å². The van der Waals surface area contributed by atoms with E-state index in [1.165, 1.54) is 0 Å². The van der Waals surface area contributed by atoms with Crippen LogP contribution in [-0.2, 0) is 0 Å². The monoisotopic (exact) mass is 206 g/mol. The van der Waals surface area contributed by atoms with Crippen LogP contribution >= 0.6 is 0 Å². The lowest BCUT2D eigenvalue weighted by Gasteiger charge is -2.05. The van der Waals surface area contributed by atoms with Crippen molar-refractivity contribution in [2.75, 3.05) is 7.11 Å². The molecule has 0 saturated carbocycles. The van der Waals surface area contributed by atoms with Gasteiger partial charge in [-0.1, -0.05) is 26.0 Å². The van der Waals surface area contributed by atoms with Crippen molar-refractivity contribution in [1.29, 1.82) is 0 Å². The topological polar surface area (TPSA) is 26.3 Å². The van der Waals surface area contributed by atoms with Gasteiger partial charge in [-0.05, 0) is 24.5 Å². The van der Waals surface area contributed by atoms with E-state index in [0.717, 1.165) is 17.7 Å². The summed E-state index contributed by atoms with van der Waals surface area (Å²) in [6.45, 7) is 4.25. The Hall–Kier alpha value is -1.31. The number of methoxy groups -OCH3 is 1. The standard InChI is InChI=1S/C13H18O2/c1-10(2)7-8-13(14)11-5-4-6-12(9-11)15-3/h4-6,9-10H,7-8H2,1-3H3. The molecule has 0 amide bonds. The zero-order chi connectivity index (χ0) is 11.3. The molecule has 0 unspecified atom stereocenters. The number of ketones is 1. The second kappa shape index (κ2) is 5.54. The van der Waals surface area contributed by atoms with Gasteiger partial charge in [0.1, 0.15) is 5.75 Å². The molecule has 0 aliphatic carbocycles. The maximum Gasteiger partial charge on any atom is 0.163 e. The van der Waals surface area contributed by atoms with Gasteiger partial charge in [-0.3, -0.25) is 4.79 Å². The molecular weight excluding hydrogens is 188 g/mol. The first-order chi connectivity index (χ1) is 7.13. The summed E-state index contributed by atoms with van der Waals surface area (Å²) in [6.07, 6.45) is 1.56. The quantitative estimate of drug-likeness (QED) is 0.691. The van der Waals surface area contributed by atoms with Crippen LogP contribution in [-0.4, -0.2) is 12.9 Å². The summed E-state index contributed by atoms with van der Waals surface area (Å²) in [5, 5.41) is 0. The Labute approximate surface area is 91.3 Å². The zero-order valence-electron chi connectivity index (χ0n) is 9.62. The summed E-state index contributed by atoms with van der Waals surface area (Å²) in [4.78, 5) is 11.8. The van der Waals surface area contributed by atoms with Crippen molar-refractivity contribution in [2.45, 2.75) is 26.7 Å². The Bertz CT molecular complexity index is 329. The number of Topliss-reactive ketones (excluding diaryl/α,β-unsaturated/α-hetero) is 1. The molecule has 2 heteroatoms. The van der Waals surface area contributed by atoms with Crippen molar-refractivity contribution in [3.05, 3.63) is 29.8 Å². The molecule has 0 N–H and O–H groups in total. The lowest BCUT2D eigenvalue weighted by molar-refractivity contribution is 0.0975. The van der Waals surface area contributed by atoms with Gasteiger partial charge < -0.3 is 4.74 Å². The van der Waals surface area contributed by atoms with Crippen LogP contribution in [0.1, 0.15) is 37.0 Å². The molecule has 0 radical (unpaired) electrons. The van der Waals surface area contributed by atoms with Crippen molar-refractivity contribution < 1.29 is 9.53 Å². The van der Waals surface area contributed by atoms with E-state index >= 15 is 0 Å². The first-order valence-corrected chi connectivity index (χ1v) is 5.30. The Morgan fingerprint density at radius 2 is 2.13 bits per heavy atom. The predicted molar refractivity (Wildman–Crippen MR) is 61.4 cm³/mol. The molecule has 0 aromatic heterocycles. The van der Waals surface area contributed by atoms with E-state index in [9.17, 15) is 4.79 Å². The summed E-state index contributed by atoms with van der Waals surface area (Å²) in [6, 6.07) is 7.33. The molecule has 1 aromatic carbocycles. The molecule has 1 aromatic rings. The lowest BCUT2D eigenvalue weighted by Crippen LogP contribution is -2.01. The van der Waals surface area contributed by atoms with Crippen LogP contribution in [0, 0.1) is 5.92 Å². The molecule has 0 spiro atoms. The fourth-order valence-electron chi connectivity index (χ4n) is 1.36. The van der Waals surface area contributed by atoms with Crippen molar-refractivity contribution in [2.24, 2.45) is 5.92 Å². The van der Waals surface area contributed by atoms with Gasteiger partial charge in [0, 0.05) is 12.0 Å². The van der Waals surface area contributed by atoms with Gasteiger partial charge in [-0.25, -0.2) is 0 Å². The number of hydrogen-bond donors (Lipinski definition) is 0. The number of benzene rings is 1. The molecular formula is C13H18O2. The summed E-state index contributed by atoms with van der Waals surface area (Å²) < 4.78 is 5.08. The van der Waals surface area contributed by atoms with Gasteiger partial charge >= 0.3 is 0 Å². The van der Waals surface area contributed by atoms with E-state index in [4.69, 9.17) is 4.74 Å². The Morgan fingerprint density at radius 1 is 1.40 bits per heavy atom. The molecule has 0 atom stereocenters. The third kappa shape index (κ3) is 3.74. The summed E-state index contributed by atoms with van der Waals surface area (Å²) in [5.41, 5.74) is 0.745. The number of ether oxygens (including phenoxy) is 1. The third-order valence-electron chi connectivity index (χ3n) is 2.34. The number of rotatable bonds is 5. The Kier molecular flexibility index (Phi) is 4.35. The van der Waals surface area contributed by atoms with Crippen molar-refractivity contribution in [3.8, 4) is 5.75 Å². The fourth-order valence-corrected chi connectivity index (χ4v) is 1.36. The number of carbonyl (C=O) groups is 1. The van der Waals surface area contributed by atoms with E-state index < -0.39 is 0 Å². The van der Waals surface area contributed by atoms with Crippen LogP contribution in [0.5, 0.6) is 5.75 Å². The second-order valence-electron chi connectivity index (χ2n) is 4.09. The molecule has 2 nitrogen and oxygen atoms in total. The molecule has 0 saturated heterocycles. The zero-order valence-corrected chi connectivity index (χ0v) is 9.62. The first-order valence-electron chi connectivity index (χ1n) is 5.30. The predicted octanol–water partition coefficient (Wildman–Crippen LogP) is 3.31. The highest BCUT2D eigenvalue weighted by Gasteiger charge is 2.07. The SMILES string of the molecule is COc1cccc(C(=O)CCC(C)C)c1. The van der Waals surface area contributed by atoms with E-state index in [1.54, 1.807) is 13.2 Å². The minimum Gasteiger partial charge on any atom is -0.497 e. The smallest absolute Gasteiger partial charge is 0.163 e. The van der Waals surface area contributed by atoms with Gasteiger partial charge in [-0.15, -0.1) is 0 Å². The highest BCUT2D eigenvalue weighted by atomic mass is 16.5. The van der Waals surface area contributed by atoms with Crippen molar-refractivity contribution >= 4 is 5.78 Å². The van der Waals surface area contributed by atoms with Crippen LogP contribution in [0.4, 0.5) is 0 Å². The molecule has 82 valence electrons. The average Bonchev–Trinajstić information content (AvgIpc) is 2.26. The van der Waals surface area contributed by atoms with Gasteiger partial charge in [0.25, 0.3) is 0 Å². The molecule has 0 bridgehead atoms. The maximum atomic E-state index is 11.8.